The van der Waals surface area contributed by atoms with Crippen molar-refractivity contribution >= 4 is 5.82 Å². The Balaban J connectivity index is 1.75. The van der Waals surface area contributed by atoms with E-state index in [0.29, 0.717) is 44.4 Å². The van der Waals surface area contributed by atoms with Crippen LogP contribution in [0.3, 0.4) is 0 Å². The van der Waals surface area contributed by atoms with Gasteiger partial charge >= 0.3 is 0 Å². The standard InChI is InChI=1S/C17H23N3O3/c1-12-4-5-19-15(13(12)8-18)20-10-16(2,3)14-9-21-11-17(14)22-6-7-23-17/h4-5,14H,6-7,9-11H2,1-3H3,(H,19,20). The van der Waals surface area contributed by atoms with Gasteiger partial charge in [-0.05, 0) is 24.0 Å². The third-order valence-electron chi connectivity index (χ3n) is 4.82. The van der Waals surface area contributed by atoms with E-state index >= 15 is 0 Å². The molecule has 1 aromatic rings. The molecule has 0 bridgehead atoms. The summed E-state index contributed by atoms with van der Waals surface area (Å²) in [5.41, 5.74) is 1.37. The summed E-state index contributed by atoms with van der Waals surface area (Å²) < 4.78 is 17.4. The van der Waals surface area contributed by atoms with Gasteiger partial charge in [0, 0.05) is 18.7 Å². The van der Waals surface area contributed by atoms with Gasteiger partial charge in [0.25, 0.3) is 0 Å². The number of aromatic nitrogens is 1. The van der Waals surface area contributed by atoms with Gasteiger partial charge in [0.2, 0.25) is 0 Å². The first-order chi connectivity index (χ1) is 11.0. The van der Waals surface area contributed by atoms with Crippen molar-refractivity contribution in [2.45, 2.75) is 26.6 Å². The lowest BCUT2D eigenvalue weighted by atomic mass is 9.75. The third kappa shape index (κ3) is 2.92. The number of aryl methyl sites for hydroxylation is 1. The van der Waals surface area contributed by atoms with Crippen LogP contribution in [0, 0.1) is 29.6 Å². The largest absolute Gasteiger partial charge is 0.375 e. The van der Waals surface area contributed by atoms with Gasteiger partial charge in [-0.1, -0.05) is 13.8 Å². The minimum atomic E-state index is -0.622. The molecule has 1 atom stereocenters. The van der Waals surface area contributed by atoms with Crippen LogP contribution < -0.4 is 5.32 Å². The van der Waals surface area contributed by atoms with Crippen LogP contribution in [-0.2, 0) is 14.2 Å². The maximum Gasteiger partial charge on any atom is 0.197 e. The Kier molecular flexibility index (Phi) is 4.28. The second-order valence-corrected chi connectivity index (χ2v) is 6.88. The quantitative estimate of drug-likeness (QED) is 0.916. The Morgan fingerprint density at radius 3 is 2.87 bits per heavy atom. The first-order valence-electron chi connectivity index (χ1n) is 7.94. The molecule has 1 aromatic heterocycles. The predicted molar refractivity (Wildman–Crippen MR) is 84.9 cm³/mol. The lowest BCUT2D eigenvalue weighted by molar-refractivity contribution is -0.196. The lowest BCUT2D eigenvalue weighted by Crippen LogP contribution is -2.48. The fraction of sp³-hybridized carbons (Fsp3) is 0.647. The van der Waals surface area contributed by atoms with Crippen LogP contribution in [0.25, 0.3) is 0 Å². The average molecular weight is 317 g/mol. The molecule has 1 unspecified atom stereocenters. The normalized spacial score (nSPS) is 23.1. The van der Waals surface area contributed by atoms with Gasteiger partial charge in [-0.15, -0.1) is 0 Å². The smallest absolute Gasteiger partial charge is 0.197 e. The second kappa shape index (κ2) is 6.08. The Morgan fingerprint density at radius 1 is 1.43 bits per heavy atom. The van der Waals surface area contributed by atoms with Gasteiger partial charge in [0.1, 0.15) is 18.5 Å². The summed E-state index contributed by atoms with van der Waals surface area (Å²) in [6.07, 6.45) is 1.72. The first-order valence-corrected chi connectivity index (χ1v) is 7.94. The number of anilines is 1. The minimum absolute atomic E-state index is 0.125. The molecule has 2 aliphatic heterocycles. The molecule has 2 fully saturated rings. The van der Waals surface area contributed by atoms with Gasteiger partial charge in [-0.25, -0.2) is 4.98 Å². The van der Waals surface area contributed by atoms with E-state index in [1.54, 1.807) is 6.20 Å². The van der Waals surface area contributed by atoms with Crippen molar-refractivity contribution in [3.63, 3.8) is 0 Å². The van der Waals surface area contributed by atoms with Crippen molar-refractivity contribution in [2.75, 3.05) is 38.3 Å². The predicted octanol–water partition coefficient (Wildman–Crippen LogP) is 2.09. The van der Waals surface area contributed by atoms with E-state index in [1.165, 1.54) is 0 Å². The summed E-state index contributed by atoms with van der Waals surface area (Å²) in [4.78, 5) is 4.30. The van der Waals surface area contributed by atoms with E-state index in [4.69, 9.17) is 14.2 Å². The Morgan fingerprint density at radius 2 is 2.17 bits per heavy atom. The summed E-state index contributed by atoms with van der Waals surface area (Å²) in [6.45, 7) is 9.20. The fourth-order valence-corrected chi connectivity index (χ4v) is 3.39. The van der Waals surface area contributed by atoms with Crippen molar-refractivity contribution in [3.8, 4) is 6.07 Å². The van der Waals surface area contributed by atoms with Crippen LogP contribution >= 0.6 is 0 Å². The number of pyridine rings is 1. The average Bonchev–Trinajstić information content (AvgIpc) is 3.16. The van der Waals surface area contributed by atoms with Crippen LogP contribution in [0.4, 0.5) is 5.82 Å². The van der Waals surface area contributed by atoms with E-state index in [9.17, 15) is 5.26 Å². The number of hydrogen-bond donors (Lipinski definition) is 1. The maximum atomic E-state index is 9.32. The fourth-order valence-electron chi connectivity index (χ4n) is 3.39. The Bertz CT molecular complexity index is 612. The lowest BCUT2D eigenvalue weighted by Gasteiger charge is -2.39. The second-order valence-electron chi connectivity index (χ2n) is 6.88. The van der Waals surface area contributed by atoms with Gasteiger partial charge in [-0.3, -0.25) is 0 Å². The molecule has 124 valence electrons. The molecule has 1 N–H and O–H groups in total. The molecule has 6 nitrogen and oxygen atoms in total. The number of nitrogens with zero attached hydrogens (tertiary/aromatic N) is 2. The molecule has 0 radical (unpaired) electrons. The topological polar surface area (TPSA) is 76.4 Å². The molecule has 23 heavy (non-hydrogen) atoms. The van der Waals surface area contributed by atoms with Crippen LogP contribution in [0.2, 0.25) is 0 Å². The third-order valence-corrected chi connectivity index (χ3v) is 4.82. The van der Waals surface area contributed by atoms with Crippen LogP contribution in [0.15, 0.2) is 12.3 Å². The molecule has 0 saturated carbocycles. The molecule has 1 spiro atoms. The number of rotatable bonds is 4. The molecule has 0 amide bonds. The summed E-state index contributed by atoms with van der Waals surface area (Å²) >= 11 is 0. The highest BCUT2D eigenvalue weighted by Gasteiger charge is 2.55. The highest BCUT2D eigenvalue weighted by molar-refractivity contribution is 5.55. The van der Waals surface area contributed by atoms with Gasteiger partial charge in [-0.2, -0.15) is 5.26 Å². The van der Waals surface area contributed by atoms with E-state index in [0.717, 1.165) is 5.56 Å². The molecule has 3 rings (SSSR count). The molecule has 0 aromatic carbocycles. The number of nitriles is 1. The van der Waals surface area contributed by atoms with Gasteiger partial charge in [0.05, 0.1) is 25.4 Å². The van der Waals surface area contributed by atoms with E-state index < -0.39 is 5.79 Å². The monoisotopic (exact) mass is 317 g/mol. The van der Waals surface area contributed by atoms with E-state index in [2.05, 4.69) is 30.2 Å². The van der Waals surface area contributed by atoms with Gasteiger partial charge < -0.3 is 19.5 Å². The highest BCUT2D eigenvalue weighted by Crippen LogP contribution is 2.44. The molecule has 6 heteroatoms. The molecule has 3 heterocycles. The molecular weight excluding hydrogens is 294 g/mol. The zero-order chi connectivity index (χ0) is 16.5. The number of hydrogen-bond acceptors (Lipinski definition) is 6. The summed E-state index contributed by atoms with van der Waals surface area (Å²) in [5, 5.41) is 12.6. The van der Waals surface area contributed by atoms with Gasteiger partial charge in [0.15, 0.2) is 5.79 Å². The molecular formula is C17H23N3O3. The summed E-state index contributed by atoms with van der Waals surface area (Å²) in [7, 11) is 0. The van der Waals surface area contributed by atoms with Crippen molar-refractivity contribution in [1.29, 1.82) is 5.26 Å². The van der Waals surface area contributed by atoms with E-state index in [1.807, 2.05) is 13.0 Å². The van der Waals surface area contributed by atoms with E-state index in [-0.39, 0.29) is 11.3 Å². The zero-order valence-electron chi connectivity index (χ0n) is 13.9. The van der Waals surface area contributed by atoms with Crippen molar-refractivity contribution < 1.29 is 14.2 Å². The minimum Gasteiger partial charge on any atom is -0.375 e. The SMILES string of the molecule is Cc1ccnc(NCC(C)(C)C2COCC23OCCO3)c1C#N. The molecule has 2 aliphatic rings. The Hall–Kier alpha value is -1.68. The number of nitrogens with one attached hydrogen (secondary N) is 1. The summed E-state index contributed by atoms with van der Waals surface area (Å²) in [6, 6.07) is 4.06. The van der Waals surface area contributed by atoms with Crippen molar-refractivity contribution in [1.82, 2.24) is 4.98 Å². The summed E-state index contributed by atoms with van der Waals surface area (Å²) in [5.74, 6) is 0.130. The first kappa shape index (κ1) is 16.2. The zero-order valence-corrected chi connectivity index (χ0v) is 13.9. The Labute approximate surface area is 136 Å². The van der Waals surface area contributed by atoms with Crippen LogP contribution in [-0.4, -0.2) is 43.7 Å². The molecule has 2 saturated heterocycles. The number of ether oxygens (including phenoxy) is 3. The van der Waals surface area contributed by atoms with Crippen molar-refractivity contribution in [2.24, 2.45) is 11.3 Å². The molecule has 0 aliphatic carbocycles. The van der Waals surface area contributed by atoms with Crippen LogP contribution in [0.1, 0.15) is 25.0 Å². The van der Waals surface area contributed by atoms with Crippen LogP contribution in [0.5, 0.6) is 0 Å². The maximum absolute atomic E-state index is 9.32. The van der Waals surface area contributed by atoms with Crippen molar-refractivity contribution in [3.05, 3.63) is 23.4 Å². The highest BCUT2D eigenvalue weighted by atomic mass is 16.8.